The molecular weight excluding hydrogens is 382 g/mol. The maximum atomic E-state index is 5.82. The van der Waals surface area contributed by atoms with Crippen LogP contribution < -0.4 is 10.6 Å². The Hall–Kier alpha value is -1.96. The molecule has 158 valence electrons. The van der Waals surface area contributed by atoms with Gasteiger partial charge in [0.15, 0.2) is 5.96 Å². The molecule has 0 aliphatic carbocycles. The number of aromatic nitrogens is 1. The minimum Gasteiger partial charge on any atom is -0.373 e. The summed E-state index contributed by atoms with van der Waals surface area (Å²) in [5, 5.41) is 7.87. The van der Waals surface area contributed by atoms with E-state index in [2.05, 4.69) is 70.5 Å². The summed E-state index contributed by atoms with van der Waals surface area (Å²) in [7, 11) is 1.80. The lowest BCUT2D eigenvalue weighted by atomic mass is 10.1. The van der Waals surface area contributed by atoms with Crippen molar-refractivity contribution >= 4 is 17.3 Å². The van der Waals surface area contributed by atoms with E-state index in [1.807, 2.05) is 6.92 Å². The zero-order valence-electron chi connectivity index (χ0n) is 18.2. The molecule has 0 spiro atoms. The molecule has 0 amide bonds. The Morgan fingerprint density at radius 3 is 2.31 bits per heavy atom. The quantitative estimate of drug-likeness (QED) is 0.560. The second-order valence-corrected chi connectivity index (χ2v) is 9.08. The highest BCUT2D eigenvalue weighted by Crippen LogP contribution is 2.17. The molecule has 2 N–H and O–H groups in total. The van der Waals surface area contributed by atoms with E-state index in [1.54, 1.807) is 18.4 Å². The summed E-state index contributed by atoms with van der Waals surface area (Å²) in [5.41, 5.74) is 3.67. The number of guanidine groups is 1. The van der Waals surface area contributed by atoms with Gasteiger partial charge in [-0.15, -0.1) is 11.3 Å². The molecule has 2 aromatic rings. The highest BCUT2D eigenvalue weighted by atomic mass is 32.1. The molecule has 3 rings (SSSR count). The molecule has 1 saturated heterocycles. The van der Waals surface area contributed by atoms with Gasteiger partial charge in [0.05, 0.1) is 29.5 Å². The van der Waals surface area contributed by atoms with Crippen molar-refractivity contribution in [2.45, 2.75) is 59.5 Å². The normalized spacial score (nSPS) is 20.7. The smallest absolute Gasteiger partial charge is 0.191 e. The van der Waals surface area contributed by atoms with Gasteiger partial charge in [-0.2, -0.15) is 0 Å². The highest BCUT2D eigenvalue weighted by molar-refractivity contribution is 7.11. The Bertz CT molecular complexity index is 807. The Labute approximate surface area is 178 Å². The first-order valence-electron chi connectivity index (χ1n) is 10.3. The molecule has 1 aliphatic heterocycles. The van der Waals surface area contributed by atoms with Gasteiger partial charge < -0.3 is 15.4 Å². The van der Waals surface area contributed by atoms with Crippen LogP contribution in [-0.2, 0) is 24.4 Å². The lowest BCUT2D eigenvalue weighted by Gasteiger charge is -2.35. The molecule has 1 aromatic heterocycles. The zero-order valence-corrected chi connectivity index (χ0v) is 19.0. The van der Waals surface area contributed by atoms with E-state index in [-0.39, 0.29) is 0 Å². The van der Waals surface area contributed by atoms with Gasteiger partial charge in [-0.05, 0) is 38.8 Å². The number of aliphatic imine (C=N–C) groups is 1. The molecule has 2 unspecified atom stereocenters. The van der Waals surface area contributed by atoms with Gasteiger partial charge >= 0.3 is 0 Å². The summed E-state index contributed by atoms with van der Waals surface area (Å²) >= 11 is 1.73. The lowest BCUT2D eigenvalue weighted by Crippen LogP contribution is -2.44. The van der Waals surface area contributed by atoms with Crippen LogP contribution in [0.2, 0.25) is 0 Å². The third kappa shape index (κ3) is 6.52. The highest BCUT2D eigenvalue weighted by Gasteiger charge is 2.21. The molecule has 1 aromatic carbocycles. The van der Waals surface area contributed by atoms with E-state index >= 15 is 0 Å². The van der Waals surface area contributed by atoms with E-state index in [0.717, 1.165) is 49.4 Å². The van der Waals surface area contributed by atoms with E-state index < -0.39 is 0 Å². The predicted molar refractivity (Wildman–Crippen MR) is 120 cm³/mol. The number of benzene rings is 1. The van der Waals surface area contributed by atoms with Gasteiger partial charge in [0.25, 0.3) is 0 Å². The summed E-state index contributed by atoms with van der Waals surface area (Å²) in [6, 6.07) is 8.84. The van der Waals surface area contributed by atoms with Gasteiger partial charge in [0.2, 0.25) is 0 Å². The number of hydrogen-bond acceptors (Lipinski definition) is 5. The van der Waals surface area contributed by atoms with Crippen LogP contribution in [0, 0.1) is 13.8 Å². The average Bonchev–Trinajstić information content (AvgIpc) is 2.99. The second kappa shape index (κ2) is 10.2. The van der Waals surface area contributed by atoms with Gasteiger partial charge in [-0.1, -0.05) is 24.3 Å². The fraction of sp³-hybridized carbons (Fsp3) is 0.545. The summed E-state index contributed by atoms with van der Waals surface area (Å²) in [6.07, 6.45) is 0.610. The van der Waals surface area contributed by atoms with Crippen LogP contribution in [-0.4, -0.2) is 48.2 Å². The molecule has 0 saturated carbocycles. The van der Waals surface area contributed by atoms with Gasteiger partial charge in [0, 0.05) is 38.1 Å². The number of ether oxygens (including phenoxy) is 1. The lowest BCUT2D eigenvalue weighted by molar-refractivity contribution is -0.0704. The van der Waals surface area contributed by atoms with Gasteiger partial charge in [0.1, 0.15) is 0 Å². The van der Waals surface area contributed by atoms with Crippen LogP contribution >= 0.6 is 11.3 Å². The summed E-state index contributed by atoms with van der Waals surface area (Å²) in [6.45, 7) is 12.8. The van der Waals surface area contributed by atoms with E-state index in [0.29, 0.717) is 12.2 Å². The third-order valence-corrected chi connectivity index (χ3v) is 6.10. The van der Waals surface area contributed by atoms with Gasteiger partial charge in [-0.25, -0.2) is 4.98 Å². The minimum absolute atomic E-state index is 0.305. The number of aryl methyl sites for hydroxylation is 2. The Morgan fingerprint density at radius 1 is 1.10 bits per heavy atom. The first-order chi connectivity index (χ1) is 13.9. The molecule has 0 bridgehead atoms. The largest absolute Gasteiger partial charge is 0.373 e. The van der Waals surface area contributed by atoms with Crippen LogP contribution in [0.4, 0.5) is 0 Å². The molecule has 1 aliphatic rings. The van der Waals surface area contributed by atoms with Crippen molar-refractivity contribution in [1.29, 1.82) is 0 Å². The summed E-state index contributed by atoms with van der Waals surface area (Å²) in [5.74, 6) is 0.802. The maximum Gasteiger partial charge on any atom is 0.191 e. The van der Waals surface area contributed by atoms with Crippen LogP contribution in [0.3, 0.4) is 0 Å². The fourth-order valence-electron chi connectivity index (χ4n) is 3.74. The van der Waals surface area contributed by atoms with Crippen molar-refractivity contribution in [3.63, 3.8) is 0 Å². The SMILES string of the molecule is CN=C(NCc1ccc(CN2CC(C)OC(C)C2)cc1)NCc1sc(C)nc1C. The Balaban J connectivity index is 1.46. The fourth-order valence-corrected chi connectivity index (χ4v) is 4.62. The van der Waals surface area contributed by atoms with Crippen molar-refractivity contribution in [1.82, 2.24) is 20.5 Å². The third-order valence-electron chi connectivity index (χ3n) is 5.02. The number of hydrogen-bond donors (Lipinski definition) is 2. The van der Waals surface area contributed by atoms with Crippen LogP contribution in [0.15, 0.2) is 29.3 Å². The number of morpholine rings is 1. The molecule has 6 nitrogen and oxygen atoms in total. The maximum absolute atomic E-state index is 5.82. The topological polar surface area (TPSA) is 61.8 Å². The minimum atomic E-state index is 0.305. The number of rotatable bonds is 6. The van der Waals surface area contributed by atoms with Crippen molar-refractivity contribution in [3.05, 3.63) is 51.0 Å². The van der Waals surface area contributed by atoms with Gasteiger partial charge in [-0.3, -0.25) is 9.89 Å². The van der Waals surface area contributed by atoms with Crippen LogP contribution in [0.5, 0.6) is 0 Å². The van der Waals surface area contributed by atoms with Crippen molar-refractivity contribution < 1.29 is 4.74 Å². The second-order valence-electron chi connectivity index (χ2n) is 7.79. The van der Waals surface area contributed by atoms with E-state index in [1.165, 1.54) is 16.0 Å². The van der Waals surface area contributed by atoms with E-state index in [4.69, 9.17) is 4.74 Å². The summed E-state index contributed by atoms with van der Waals surface area (Å²) in [4.78, 5) is 12.5. The molecule has 29 heavy (non-hydrogen) atoms. The number of nitrogens with zero attached hydrogens (tertiary/aromatic N) is 3. The summed E-state index contributed by atoms with van der Waals surface area (Å²) < 4.78 is 5.82. The zero-order chi connectivity index (χ0) is 20.8. The Kier molecular flexibility index (Phi) is 7.64. The van der Waals surface area contributed by atoms with Crippen molar-refractivity contribution in [2.75, 3.05) is 20.1 Å². The number of nitrogens with one attached hydrogen (secondary N) is 2. The van der Waals surface area contributed by atoms with Crippen molar-refractivity contribution in [2.24, 2.45) is 4.99 Å². The van der Waals surface area contributed by atoms with Crippen LogP contribution in [0.25, 0.3) is 0 Å². The first kappa shape index (κ1) is 21.7. The Morgan fingerprint density at radius 2 is 1.72 bits per heavy atom. The first-order valence-corrected chi connectivity index (χ1v) is 11.1. The molecule has 2 heterocycles. The molecule has 2 atom stereocenters. The van der Waals surface area contributed by atoms with E-state index in [9.17, 15) is 0 Å². The standard InChI is InChI=1S/C22H33N5OS/c1-15-12-27(13-16(2)28-15)14-20-8-6-19(7-9-20)10-24-22(23-5)25-11-21-17(3)26-18(4)29-21/h6-9,15-16H,10-14H2,1-5H3,(H2,23,24,25). The molecule has 1 fully saturated rings. The average molecular weight is 416 g/mol. The van der Waals surface area contributed by atoms with Crippen molar-refractivity contribution in [3.8, 4) is 0 Å². The molecule has 0 radical (unpaired) electrons. The number of thiazole rings is 1. The van der Waals surface area contributed by atoms with Crippen LogP contribution in [0.1, 0.15) is 40.6 Å². The molecular formula is C22H33N5OS. The molecule has 7 heteroatoms. The monoisotopic (exact) mass is 415 g/mol. The predicted octanol–water partition coefficient (Wildman–Crippen LogP) is 3.23.